The molecule has 0 unspecified atom stereocenters. The molecule has 2 heterocycles. The van der Waals surface area contributed by atoms with Crippen molar-refractivity contribution in [3.05, 3.63) is 23.0 Å². The highest BCUT2D eigenvalue weighted by Crippen LogP contribution is 2.44. The zero-order valence-corrected chi connectivity index (χ0v) is 17.3. The number of fused-ring (bicyclic) bond motifs is 1. The van der Waals surface area contributed by atoms with Gasteiger partial charge in [0.1, 0.15) is 18.0 Å². The summed E-state index contributed by atoms with van der Waals surface area (Å²) in [5, 5.41) is 0. The Kier molecular flexibility index (Phi) is 5.86. The summed E-state index contributed by atoms with van der Waals surface area (Å²) < 4.78 is 70.1. The first-order valence-corrected chi connectivity index (χ1v) is 10.9. The van der Waals surface area contributed by atoms with Crippen LogP contribution in [0.5, 0.6) is 5.75 Å². The third-order valence-electron chi connectivity index (χ3n) is 5.23. The number of nitrogens with zero attached hydrogens (tertiary/aromatic N) is 1. The molecule has 12 heteroatoms. The number of hydrogen-bond donors (Lipinski definition) is 1. The standard InChI is InChI=1S/C18H23FN2O8S/c1-25-4-5-26-11-27-14-8-12-2-3-18(28-6-7-29-18)9-13(12)16(19)17(14)21-10-15(22)20-30(21,23)24/h8H,2-7,9-11H2,1H3,(H,20,22). The van der Waals surface area contributed by atoms with Gasteiger partial charge in [0.2, 0.25) is 0 Å². The maximum Gasteiger partial charge on any atom is 0.326 e. The van der Waals surface area contributed by atoms with Gasteiger partial charge >= 0.3 is 10.2 Å². The second kappa shape index (κ2) is 8.27. The first-order valence-electron chi connectivity index (χ1n) is 9.50. The van der Waals surface area contributed by atoms with Crippen LogP contribution in [0.25, 0.3) is 0 Å². The van der Waals surface area contributed by atoms with E-state index < -0.39 is 34.3 Å². The number of benzene rings is 1. The lowest BCUT2D eigenvalue weighted by Gasteiger charge is -2.34. The number of carbonyl (C=O) groups is 1. The van der Waals surface area contributed by atoms with E-state index in [1.54, 1.807) is 6.07 Å². The molecular formula is C18H23FN2O8S. The maximum atomic E-state index is 15.7. The van der Waals surface area contributed by atoms with E-state index in [0.717, 1.165) is 0 Å². The Labute approximate surface area is 173 Å². The van der Waals surface area contributed by atoms with Crippen LogP contribution in [0, 0.1) is 5.82 Å². The Morgan fingerprint density at radius 2 is 2.07 bits per heavy atom. The molecule has 0 atom stereocenters. The molecule has 0 bridgehead atoms. The molecule has 1 spiro atoms. The van der Waals surface area contributed by atoms with E-state index in [2.05, 4.69) is 0 Å². The van der Waals surface area contributed by atoms with Gasteiger partial charge in [-0.1, -0.05) is 0 Å². The first kappa shape index (κ1) is 21.2. The van der Waals surface area contributed by atoms with Crippen molar-refractivity contribution in [2.45, 2.75) is 25.0 Å². The molecule has 2 fully saturated rings. The van der Waals surface area contributed by atoms with Gasteiger partial charge in [-0.2, -0.15) is 8.42 Å². The summed E-state index contributed by atoms with van der Waals surface area (Å²) in [7, 11) is -2.72. The molecule has 2 aliphatic heterocycles. The van der Waals surface area contributed by atoms with Crippen molar-refractivity contribution >= 4 is 21.8 Å². The van der Waals surface area contributed by atoms with Gasteiger partial charge in [0.25, 0.3) is 5.91 Å². The van der Waals surface area contributed by atoms with Gasteiger partial charge in [-0.15, -0.1) is 0 Å². The molecule has 1 aromatic carbocycles. The molecule has 4 rings (SSSR count). The smallest absolute Gasteiger partial charge is 0.326 e. The molecule has 0 radical (unpaired) electrons. The van der Waals surface area contributed by atoms with Gasteiger partial charge in [-0.05, 0) is 23.6 Å². The van der Waals surface area contributed by atoms with Gasteiger partial charge in [-0.25, -0.2) is 13.4 Å². The molecule has 10 nitrogen and oxygen atoms in total. The lowest BCUT2D eigenvalue weighted by Crippen LogP contribution is -2.38. The minimum atomic E-state index is -4.24. The minimum Gasteiger partial charge on any atom is -0.465 e. The summed E-state index contributed by atoms with van der Waals surface area (Å²) in [5.74, 6) is -2.46. The Morgan fingerprint density at radius 1 is 1.30 bits per heavy atom. The maximum absolute atomic E-state index is 15.7. The number of amides is 1. The highest BCUT2D eigenvalue weighted by atomic mass is 32.2. The van der Waals surface area contributed by atoms with Crippen molar-refractivity contribution in [2.75, 3.05) is 51.2 Å². The summed E-state index contributed by atoms with van der Waals surface area (Å²) in [6.45, 7) is 0.650. The molecule has 1 amide bonds. The van der Waals surface area contributed by atoms with Gasteiger partial charge in [-0.3, -0.25) is 4.79 Å². The quantitative estimate of drug-likeness (QED) is 0.468. The number of hydrogen-bond acceptors (Lipinski definition) is 8. The summed E-state index contributed by atoms with van der Waals surface area (Å²) >= 11 is 0. The summed E-state index contributed by atoms with van der Waals surface area (Å²) in [4.78, 5) is 11.7. The van der Waals surface area contributed by atoms with Crippen LogP contribution in [0.4, 0.5) is 10.1 Å². The fraction of sp³-hybridized carbons (Fsp3) is 0.611. The fourth-order valence-electron chi connectivity index (χ4n) is 3.84. The summed E-state index contributed by atoms with van der Waals surface area (Å²) in [6, 6.07) is 1.59. The average Bonchev–Trinajstić information content (AvgIpc) is 3.25. The third-order valence-corrected chi connectivity index (χ3v) is 6.61. The van der Waals surface area contributed by atoms with Gasteiger partial charge in [0.05, 0.1) is 26.4 Å². The molecule has 0 saturated carbocycles. The van der Waals surface area contributed by atoms with Crippen molar-refractivity contribution in [3.63, 3.8) is 0 Å². The highest BCUT2D eigenvalue weighted by Gasteiger charge is 2.44. The minimum absolute atomic E-state index is 0.0204. The molecule has 3 aliphatic rings. The van der Waals surface area contributed by atoms with Gasteiger partial charge in [0, 0.05) is 20.0 Å². The third kappa shape index (κ3) is 3.97. The Bertz CT molecular complexity index is 933. The van der Waals surface area contributed by atoms with Crippen molar-refractivity contribution in [3.8, 4) is 5.75 Å². The average molecular weight is 446 g/mol. The normalized spacial score (nSPS) is 21.7. The van der Waals surface area contributed by atoms with E-state index in [1.165, 1.54) is 7.11 Å². The van der Waals surface area contributed by atoms with Crippen LogP contribution in [0.2, 0.25) is 0 Å². The monoisotopic (exact) mass is 446 g/mol. The molecule has 166 valence electrons. The van der Waals surface area contributed by atoms with E-state index in [4.69, 9.17) is 23.7 Å². The zero-order valence-electron chi connectivity index (χ0n) is 16.4. The number of ether oxygens (including phenoxy) is 5. The number of nitrogens with one attached hydrogen (secondary N) is 1. The van der Waals surface area contributed by atoms with E-state index in [9.17, 15) is 13.2 Å². The Hall–Kier alpha value is -1.99. The summed E-state index contributed by atoms with van der Waals surface area (Å²) in [5.41, 5.74) is 0.626. The van der Waals surface area contributed by atoms with Crippen LogP contribution in [0.3, 0.4) is 0 Å². The van der Waals surface area contributed by atoms with Crippen LogP contribution in [-0.4, -0.2) is 67.0 Å². The van der Waals surface area contributed by atoms with Crippen LogP contribution in [0.15, 0.2) is 6.07 Å². The largest absolute Gasteiger partial charge is 0.465 e. The van der Waals surface area contributed by atoms with Crippen LogP contribution < -0.4 is 13.8 Å². The second-order valence-corrected chi connectivity index (χ2v) is 8.75. The van der Waals surface area contributed by atoms with Crippen molar-refractivity contribution in [1.82, 2.24) is 4.72 Å². The molecule has 2 saturated heterocycles. The van der Waals surface area contributed by atoms with Crippen LogP contribution >= 0.6 is 0 Å². The Morgan fingerprint density at radius 3 is 2.73 bits per heavy atom. The van der Waals surface area contributed by atoms with E-state index >= 15 is 4.39 Å². The zero-order chi connectivity index (χ0) is 21.4. The number of halogens is 1. The molecular weight excluding hydrogens is 423 g/mol. The lowest BCUT2D eigenvalue weighted by molar-refractivity contribution is -0.164. The molecule has 30 heavy (non-hydrogen) atoms. The molecule has 0 aromatic heterocycles. The number of anilines is 1. The molecule has 1 aliphatic carbocycles. The lowest BCUT2D eigenvalue weighted by atomic mass is 9.86. The van der Waals surface area contributed by atoms with Crippen molar-refractivity contribution in [1.29, 1.82) is 0 Å². The van der Waals surface area contributed by atoms with Crippen molar-refractivity contribution < 1.29 is 41.3 Å². The first-order chi connectivity index (χ1) is 14.4. The number of carbonyl (C=O) groups excluding carboxylic acids is 1. The van der Waals surface area contributed by atoms with E-state index in [0.29, 0.717) is 48.1 Å². The topological polar surface area (TPSA) is 113 Å². The molecule has 1 N–H and O–H groups in total. The predicted molar refractivity (Wildman–Crippen MR) is 101 cm³/mol. The van der Waals surface area contributed by atoms with E-state index in [-0.39, 0.29) is 31.3 Å². The highest BCUT2D eigenvalue weighted by molar-refractivity contribution is 7.92. The fourth-order valence-corrected chi connectivity index (χ4v) is 5.00. The number of aryl methyl sites for hydroxylation is 1. The van der Waals surface area contributed by atoms with Crippen LogP contribution in [-0.2, 0) is 46.8 Å². The van der Waals surface area contributed by atoms with Gasteiger partial charge in [0.15, 0.2) is 18.4 Å². The number of methoxy groups -OCH3 is 1. The Balaban J connectivity index is 1.70. The van der Waals surface area contributed by atoms with Crippen LogP contribution in [0.1, 0.15) is 17.5 Å². The predicted octanol–water partition coefficient (Wildman–Crippen LogP) is 0.238. The number of rotatable bonds is 7. The summed E-state index contributed by atoms with van der Waals surface area (Å²) in [6.07, 6.45) is 1.16. The van der Waals surface area contributed by atoms with Gasteiger partial charge < -0.3 is 23.7 Å². The van der Waals surface area contributed by atoms with E-state index in [1.807, 2.05) is 4.72 Å². The molecule has 1 aromatic rings. The second-order valence-electron chi connectivity index (χ2n) is 7.16. The van der Waals surface area contributed by atoms with Crippen molar-refractivity contribution in [2.24, 2.45) is 0 Å². The SMILES string of the molecule is COCCOCOc1cc2c(c(F)c1N1CC(=O)NS1(=O)=O)CC1(CC2)OCCO1.